The number of nitrogens with one attached hydrogen (secondary N) is 1. The Kier molecular flexibility index (Phi) is 4.75. The summed E-state index contributed by atoms with van der Waals surface area (Å²) in [7, 11) is 1.42. The summed E-state index contributed by atoms with van der Waals surface area (Å²) in [5.41, 5.74) is 1.22. The van der Waals surface area contributed by atoms with Gasteiger partial charge in [-0.2, -0.15) is 0 Å². The molecule has 1 aliphatic heterocycles. The van der Waals surface area contributed by atoms with Crippen LogP contribution in [0.3, 0.4) is 0 Å². The maximum atomic E-state index is 13.3. The second kappa shape index (κ2) is 6.10. The minimum absolute atomic E-state index is 0.303. The van der Waals surface area contributed by atoms with Gasteiger partial charge in [0.1, 0.15) is 5.82 Å². The van der Waals surface area contributed by atoms with Crippen molar-refractivity contribution >= 4 is 13.2 Å². The maximum Gasteiger partial charge on any atom is 0.491 e. The molecule has 22 heavy (non-hydrogen) atoms. The fraction of sp³-hybridized carbons (Fsp3) is 0.562. The van der Waals surface area contributed by atoms with Crippen LogP contribution in [-0.2, 0) is 9.31 Å². The molecule has 0 saturated carbocycles. The number of rotatable bonds is 4. The van der Waals surface area contributed by atoms with Crippen molar-refractivity contribution in [1.82, 2.24) is 10.3 Å². The van der Waals surface area contributed by atoms with Crippen LogP contribution >= 0.6 is 0 Å². The van der Waals surface area contributed by atoms with E-state index in [2.05, 4.69) is 10.3 Å². The number of aromatic nitrogens is 1. The molecule has 120 valence electrons. The van der Waals surface area contributed by atoms with Gasteiger partial charge in [-0.25, -0.2) is 4.39 Å². The number of nitrogens with zero attached hydrogens (tertiary/aromatic N) is 1. The Hall–Kier alpha value is -1.24. The number of likely N-dealkylation sites (N-methyl/N-ethyl adjacent to an activating group) is 1. The first-order valence-corrected chi connectivity index (χ1v) is 7.50. The lowest BCUT2D eigenvalue weighted by Gasteiger charge is -2.32. The van der Waals surface area contributed by atoms with E-state index in [1.54, 1.807) is 13.0 Å². The second-order valence-electron chi connectivity index (χ2n) is 6.64. The highest BCUT2D eigenvalue weighted by Gasteiger charge is 2.52. The van der Waals surface area contributed by atoms with E-state index in [1.807, 2.05) is 40.8 Å². The van der Waals surface area contributed by atoms with Crippen molar-refractivity contribution in [2.24, 2.45) is 0 Å². The van der Waals surface area contributed by atoms with Gasteiger partial charge in [-0.1, -0.05) is 0 Å². The summed E-state index contributed by atoms with van der Waals surface area (Å²) in [6.45, 7) is 10.3. The van der Waals surface area contributed by atoms with Gasteiger partial charge >= 0.3 is 7.12 Å². The summed E-state index contributed by atoms with van der Waals surface area (Å²) in [5, 5.41) is 3.12. The van der Waals surface area contributed by atoms with Gasteiger partial charge in [-0.3, -0.25) is 4.98 Å². The van der Waals surface area contributed by atoms with Crippen LogP contribution in [-0.4, -0.2) is 36.9 Å². The molecule has 1 aromatic rings. The molecule has 0 unspecified atom stereocenters. The number of aryl methyl sites for hydroxylation is 1. The third kappa shape index (κ3) is 3.40. The van der Waals surface area contributed by atoms with E-state index in [9.17, 15) is 4.39 Å². The van der Waals surface area contributed by atoms with Crippen LogP contribution in [0.4, 0.5) is 4.39 Å². The van der Waals surface area contributed by atoms with Crippen molar-refractivity contribution in [3.8, 4) is 0 Å². The maximum absolute atomic E-state index is 13.3. The van der Waals surface area contributed by atoms with Gasteiger partial charge in [0.2, 0.25) is 0 Å². The zero-order chi connectivity index (χ0) is 16.5. The lowest BCUT2D eigenvalue weighted by Crippen LogP contribution is -2.41. The van der Waals surface area contributed by atoms with Crippen molar-refractivity contribution in [1.29, 1.82) is 0 Å². The van der Waals surface area contributed by atoms with Crippen LogP contribution < -0.4 is 5.32 Å². The molecule has 1 fully saturated rings. The Bertz CT molecular complexity index is 572. The zero-order valence-electron chi connectivity index (χ0n) is 14.2. The Labute approximate surface area is 132 Å². The zero-order valence-corrected chi connectivity index (χ0v) is 14.2. The summed E-state index contributed by atoms with van der Waals surface area (Å²) >= 11 is 0. The summed E-state index contributed by atoms with van der Waals surface area (Å²) in [4.78, 5) is 4.25. The van der Waals surface area contributed by atoms with Crippen LogP contribution in [0.1, 0.15) is 39.1 Å². The van der Waals surface area contributed by atoms with Gasteiger partial charge in [-0.15, -0.1) is 0 Å². The molecule has 0 aromatic carbocycles. The fourth-order valence-electron chi connectivity index (χ4n) is 2.23. The predicted molar refractivity (Wildman–Crippen MR) is 86.9 cm³/mol. The van der Waals surface area contributed by atoms with Gasteiger partial charge < -0.3 is 14.6 Å². The first kappa shape index (κ1) is 17.1. The van der Waals surface area contributed by atoms with Crippen LogP contribution in [0.2, 0.25) is 0 Å². The first-order chi connectivity index (χ1) is 10.2. The van der Waals surface area contributed by atoms with E-state index in [4.69, 9.17) is 9.31 Å². The molecule has 4 nitrogen and oxygen atoms in total. The van der Waals surface area contributed by atoms with Crippen molar-refractivity contribution in [2.45, 2.75) is 45.8 Å². The SMILES string of the molecule is CNCC(=Cc1ccc(F)c(C)n1)B1OC(C)(C)C(C)(C)O1. The number of pyridine rings is 1. The number of halogens is 1. The molecular formula is C16H24BFN2O2. The van der Waals surface area contributed by atoms with Gasteiger partial charge in [0.15, 0.2) is 0 Å². The topological polar surface area (TPSA) is 43.4 Å². The number of hydrogen-bond donors (Lipinski definition) is 1. The summed E-state index contributed by atoms with van der Waals surface area (Å²) in [5.74, 6) is -0.303. The molecule has 2 heterocycles. The summed E-state index contributed by atoms with van der Waals surface area (Å²) in [6.07, 6.45) is 1.89. The normalized spacial score (nSPS) is 20.5. The summed E-state index contributed by atoms with van der Waals surface area (Å²) in [6, 6.07) is 3.08. The molecule has 0 radical (unpaired) electrons. The largest absolute Gasteiger partial charge is 0.491 e. The van der Waals surface area contributed by atoms with E-state index in [0.717, 1.165) is 5.47 Å². The highest BCUT2D eigenvalue weighted by atomic mass is 19.1. The molecule has 0 atom stereocenters. The lowest BCUT2D eigenvalue weighted by molar-refractivity contribution is 0.00578. The quantitative estimate of drug-likeness (QED) is 0.869. The van der Waals surface area contributed by atoms with Crippen molar-refractivity contribution in [2.75, 3.05) is 13.6 Å². The second-order valence-corrected chi connectivity index (χ2v) is 6.64. The third-order valence-corrected chi connectivity index (χ3v) is 4.31. The van der Waals surface area contributed by atoms with Gasteiger partial charge in [0.05, 0.1) is 22.6 Å². The molecule has 1 aliphatic rings. The van der Waals surface area contributed by atoms with E-state index >= 15 is 0 Å². The Morgan fingerprint density at radius 3 is 2.36 bits per heavy atom. The van der Waals surface area contributed by atoms with E-state index in [1.165, 1.54) is 6.07 Å². The standard InChI is InChI=1S/C16H24BFN2O2/c1-11-14(18)8-7-13(20-11)9-12(10-19-6)17-21-15(2,3)16(4,5)22-17/h7-9,19H,10H2,1-6H3. The molecular weight excluding hydrogens is 282 g/mol. The minimum Gasteiger partial charge on any atom is -0.400 e. The van der Waals surface area contributed by atoms with Gasteiger partial charge in [0, 0.05) is 6.54 Å². The average Bonchev–Trinajstić information content (AvgIpc) is 2.62. The van der Waals surface area contributed by atoms with Gasteiger partial charge in [0.25, 0.3) is 0 Å². The molecule has 0 spiro atoms. The van der Waals surface area contributed by atoms with Crippen molar-refractivity contribution < 1.29 is 13.7 Å². The fourth-order valence-corrected chi connectivity index (χ4v) is 2.23. The highest BCUT2D eigenvalue weighted by Crippen LogP contribution is 2.38. The molecule has 2 rings (SSSR count). The summed E-state index contributed by atoms with van der Waals surface area (Å²) < 4.78 is 25.5. The van der Waals surface area contributed by atoms with E-state index in [-0.39, 0.29) is 5.82 Å². The first-order valence-electron chi connectivity index (χ1n) is 7.50. The Morgan fingerprint density at radius 2 is 1.86 bits per heavy atom. The minimum atomic E-state index is -0.440. The van der Waals surface area contributed by atoms with Crippen molar-refractivity contribution in [3.63, 3.8) is 0 Å². The highest BCUT2D eigenvalue weighted by molar-refractivity contribution is 6.55. The number of hydrogen-bond acceptors (Lipinski definition) is 4. The smallest absolute Gasteiger partial charge is 0.400 e. The Balaban J connectivity index is 2.31. The van der Waals surface area contributed by atoms with Crippen LogP contribution in [0.5, 0.6) is 0 Å². The Morgan fingerprint density at radius 1 is 1.27 bits per heavy atom. The van der Waals surface area contributed by atoms with Crippen LogP contribution in [0.15, 0.2) is 17.6 Å². The molecule has 0 bridgehead atoms. The predicted octanol–water partition coefficient (Wildman–Crippen LogP) is 2.76. The molecule has 0 aliphatic carbocycles. The average molecular weight is 306 g/mol. The molecule has 1 saturated heterocycles. The van der Waals surface area contributed by atoms with Crippen LogP contribution in [0, 0.1) is 12.7 Å². The molecule has 1 aromatic heterocycles. The van der Waals surface area contributed by atoms with E-state index in [0.29, 0.717) is 17.9 Å². The molecule has 1 N–H and O–H groups in total. The molecule has 0 amide bonds. The third-order valence-electron chi connectivity index (χ3n) is 4.31. The monoisotopic (exact) mass is 306 g/mol. The lowest BCUT2D eigenvalue weighted by atomic mass is 9.77. The van der Waals surface area contributed by atoms with Crippen molar-refractivity contribution in [3.05, 3.63) is 34.8 Å². The molecule has 6 heteroatoms. The van der Waals surface area contributed by atoms with Gasteiger partial charge in [-0.05, 0) is 65.3 Å². The van der Waals surface area contributed by atoms with E-state index < -0.39 is 18.3 Å². The van der Waals surface area contributed by atoms with Crippen LogP contribution in [0.25, 0.3) is 6.08 Å².